The minimum atomic E-state index is -0.799. The number of allylic oxidation sites excluding steroid dienone is 20. The van der Waals surface area contributed by atoms with E-state index >= 15 is 0 Å². The Kier molecular flexibility index (Phi) is 66.7. The summed E-state index contributed by atoms with van der Waals surface area (Å²) in [5.41, 5.74) is 0. The number of unbranched alkanes of at least 4 members (excludes halogenated alkanes) is 32. The van der Waals surface area contributed by atoms with Crippen LogP contribution in [-0.2, 0) is 28.6 Å². The highest BCUT2D eigenvalue weighted by Crippen LogP contribution is 2.17. The van der Waals surface area contributed by atoms with Gasteiger partial charge in [-0.2, -0.15) is 0 Å². The molecule has 6 heteroatoms. The number of esters is 3. The predicted octanol–water partition coefficient (Wildman–Crippen LogP) is 24.3. The zero-order chi connectivity index (χ0) is 59.9. The van der Waals surface area contributed by atoms with Gasteiger partial charge in [-0.15, -0.1) is 0 Å². The van der Waals surface area contributed by atoms with Crippen LogP contribution in [0.3, 0.4) is 0 Å². The quantitative estimate of drug-likeness (QED) is 0.0261. The van der Waals surface area contributed by atoms with E-state index in [2.05, 4.69) is 142 Å². The van der Waals surface area contributed by atoms with Crippen LogP contribution in [0.1, 0.15) is 329 Å². The maximum Gasteiger partial charge on any atom is 0.306 e. The van der Waals surface area contributed by atoms with Gasteiger partial charge in [0.2, 0.25) is 0 Å². The summed E-state index contributed by atoms with van der Waals surface area (Å²) in [6, 6.07) is 0. The molecule has 0 N–H and O–H groups in total. The summed E-state index contributed by atoms with van der Waals surface area (Å²) in [6.45, 7) is 6.51. The molecule has 6 nitrogen and oxygen atoms in total. The Bertz CT molecular complexity index is 1700. The molecule has 0 saturated carbocycles. The second-order valence-corrected chi connectivity index (χ2v) is 23.1. The number of hydrogen-bond donors (Lipinski definition) is 0. The van der Waals surface area contributed by atoms with Gasteiger partial charge < -0.3 is 14.2 Å². The van der Waals surface area contributed by atoms with Crippen LogP contribution in [0.2, 0.25) is 0 Å². The Morgan fingerprint density at radius 1 is 0.253 bits per heavy atom. The first-order valence-corrected chi connectivity index (χ1v) is 35.0. The van der Waals surface area contributed by atoms with E-state index in [1.807, 2.05) is 0 Å². The Morgan fingerprint density at radius 2 is 0.470 bits per heavy atom. The molecule has 0 fully saturated rings. The second-order valence-electron chi connectivity index (χ2n) is 23.1. The highest BCUT2D eigenvalue weighted by Gasteiger charge is 2.19. The van der Waals surface area contributed by atoms with Crippen molar-refractivity contribution in [2.75, 3.05) is 13.2 Å². The third kappa shape index (κ3) is 68.5. The predicted molar refractivity (Wildman–Crippen MR) is 362 cm³/mol. The lowest BCUT2D eigenvalue weighted by molar-refractivity contribution is -0.167. The molecule has 1 atom stereocenters. The molecule has 0 aliphatic carbocycles. The van der Waals surface area contributed by atoms with Gasteiger partial charge in [0.25, 0.3) is 0 Å². The van der Waals surface area contributed by atoms with Gasteiger partial charge in [-0.3, -0.25) is 14.4 Å². The second kappa shape index (κ2) is 70.3. The van der Waals surface area contributed by atoms with Crippen LogP contribution in [0.15, 0.2) is 122 Å². The van der Waals surface area contributed by atoms with Crippen LogP contribution in [0.4, 0.5) is 0 Å². The smallest absolute Gasteiger partial charge is 0.306 e. The Balaban J connectivity index is 4.39. The Hall–Kier alpha value is -4.19. The number of ether oxygens (including phenoxy) is 3. The average molecular weight is 1150 g/mol. The number of hydrogen-bond acceptors (Lipinski definition) is 6. The Morgan fingerprint density at radius 3 is 0.759 bits per heavy atom. The fraction of sp³-hybridized carbons (Fsp3) is 0.701. The van der Waals surface area contributed by atoms with E-state index in [9.17, 15) is 14.4 Å². The van der Waals surface area contributed by atoms with Crippen molar-refractivity contribution < 1.29 is 28.6 Å². The summed E-state index contributed by atoms with van der Waals surface area (Å²) in [5.74, 6) is -0.927. The zero-order valence-electron chi connectivity index (χ0n) is 54.4. The van der Waals surface area contributed by atoms with Crippen molar-refractivity contribution >= 4 is 17.9 Å². The van der Waals surface area contributed by atoms with E-state index in [4.69, 9.17) is 14.2 Å². The molecule has 0 aromatic carbocycles. The van der Waals surface area contributed by atoms with Crippen LogP contribution in [0.5, 0.6) is 0 Å². The summed E-state index contributed by atoms with van der Waals surface area (Å²) in [6.07, 6.45) is 97.9. The summed E-state index contributed by atoms with van der Waals surface area (Å²) in [5, 5.41) is 0. The fourth-order valence-electron chi connectivity index (χ4n) is 9.73. The van der Waals surface area contributed by atoms with Crippen molar-refractivity contribution in [1.82, 2.24) is 0 Å². The average Bonchev–Trinajstić information content (AvgIpc) is 3.49. The summed E-state index contributed by atoms with van der Waals surface area (Å²) >= 11 is 0. The third-order valence-corrected chi connectivity index (χ3v) is 15.0. The summed E-state index contributed by atoms with van der Waals surface area (Å²) in [7, 11) is 0. The highest BCUT2D eigenvalue weighted by molar-refractivity contribution is 5.71. The van der Waals surface area contributed by atoms with Gasteiger partial charge in [0, 0.05) is 19.3 Å². The number of rotatable bonds is 63. The van der Waals surface area contributed by atoms with Crippen LogP contribution in [-0.4, -0.2) is 37.2 Å². The van der Waals surface area contributed by atoms with Crippen molar-refractivity contribution in [2.24, 2.45) is 0 Å². The maximum absolute atomic E-state index is 13.0. The minimum absolute atomic E-state index is 0.0911. The number of carbonyl (C=O) groups excluding carboxylic acids is 3. The van der Waals surface area contributed by atoms with Gasteiger partial charge in [-0.1, -0.05) is 316 Å². The standard InChI is InChI=1S/C77H130O6/c1-4-7-10-13-16-19-22-25-27-29-31-33-35-37-38-40-41-43-45-47-49-52-55-58-61-64-67-70-76(79)82-73-74(72-81-75(78)69-66-63-60-57-54-51-24-21-18-15-12-9-6-3)83-77(80)71-68-65-62-59-56-53-50-48-46-44-42-39-36-34-32-30-28-26-23-20-17-14-11-8-5-2/h7,10,16,19,23,25-27,30-33,37-38,41,43,47,49,55,58,74H,4-6,8-9,11-15,17-18,20-22,24,28-29,34-36,39-40,42,44-46,48,50-54,56-57,59-73H2,1-3H3/b10-7-,19-16-,26-23-,27-25-,32-30-,33-31-,38-37-,43-41-,49-47-,58-55-. The molecule has 474 valence electrons. The topological polar surface area (TPSA) is 78.9 Å². The molecule has 0 aliphatic rings. The first-order valence-electron chi connectivity index (χ1n) is 35.0. The minimum Gasteiger partial charge on any atom is -0.462 e. The molecule has 0 bridgehead atoms. The molecule has 0 radical (unpaired) electrons. The monoisotopic (exact) mass is 1150 g/mol. The molecular weight excluding hydrogens is 1020 g/mol. The largest absolute Gasteiger partial charge is 0.462 e. The molecular formula is C77H130O6. The fourth-order valence-corrected chi connectivity index (χ4v) is 9.73. The van der Waals surface area contributed by atoms with E-state index in [0.29, 0.717) is 19.3 Å². The number of carbonyl (C=O) groups is 3. The van der Waals surface area contributed by atoms with E-state index in [-0.39, 0.29) is 31.1 Å². The molecule has 0 saturated heterocycles. The van der Waals surface area contributed by atoms with Crippen molar-refractivity contribution in [3.8, 4) is 0 Å². The van der Waals surface area contributed by atoms with Crippen molar-refractivity contribution in [3.05, 3.63) is 122 Å². The highest BCUT2D eigenvalue weighted by atomic mass is 16.6. The van der Waals surface area contributed by atoms with Gasteiger partial charge in [-0.05, 0) is 116 Å². The van der Waals surface area contributed by atoms with E-state index < -0.39 is 6.10 Å². The Labute approximate surface area is 513 Å². The lowest BCUT2D eigenvalue weighted by Crippen LogP contribution is -2.30. The molecule has 0 spiro atoms. The summed E-state index contributed by atoms with van der Waals surface area (Å²) < 4.78 is 16.9. The van der Waals surface area contributed by atoms with Crippen molar-refractivity contribution in [3.63, 3.8) is 0 Å². The maximum atomic E-state index is 13.0. The van der Waals surface area contributed by atoms with E-state index in [1.54, 1.807) is 0 Å². The molecule has 83 heavy (non-hydrogen) atoms. The van der Waals surface area contributed by atoms with Gasteiger partial charge in [0.15, 0.2) is 6.10 Å². The van der Waals surface area contributed by atoms with E-state index in [1.165, 1.54) is 173 Å². The summed E-state index contributed by atoms with van der Waals surface area (Å²) in [4.78, 5) is 38.4. The molecule has 0 aromatic heterocycles. The van der Waals surface area contributed by atoms with Crippen LogP contribution in [0, 0.1) is 0 Å². The molecule has 0 heterocycles. The zero-order valence-corrected chi connectivity index (χ0v) is 54.4. The molecule has 0 aliphatic heterocycles. The third-order valence-electron chi connectivity index (χ3n) is 15.0. The van der Waals surface area contributed by atoms with Crippen LogP contribution in [0.25, 0.3) is 0 Å². The van der Waals surface area contributed by atoms with Gasteiger partial charge in [-0.25, -0.2) is 0 Å². The molecule has 0 rings (SSSR count). The first-order chi connectivity index (χ1) is 41.0. The van der Waals surface area contributed by atoms with E-state index in [0.717, 1.165) is 116 Å². The van der Waals surface area contributed by atoms with Crippen molar-refractivity contribution in [2.45, 2.75) is 335 Å². The SMILES string of the molecule is CC/C=C\C/C=C\C/C=C\C/C=C\C/C=C\C/C=C\C/C=C\C/C=C\CCCCC(=O)OCC(COC(=O)CCCCCCCCCCCCCCC)OC(=O)CCCCCCCCCCCCCCC/C=C\C/C=C\CCCCCCC. The van der Waals surface area contributed by atoms with Crippen LogP contribution < -0.4 is 0 Å². The van der Waals surface area contributed by atoms with Crippen LogP contribution >= 0.6 is 0 Å². The molecule has 0 aromatic rings. The normalized spacial score (nSPS) is 12.9. The lowest BCUT2D eigenvalue weighted by atomic mass is 10.0. The molecule has 0 amide bonds. The lowest BCUT2D eigenvalue weighted by Gasteiger charge is -2.18. The molecule has 1 unspecified atom stereocenters. The van der Waals surface area contributed by atoms with Crippen molar-refractivity contribution in [1.29, 1.82) is 0 Å². The van der Waals surface area contributed by atoms with Gasteiger partial charge >= 0.3 is 17.9 Å². The first kappa shape index (κ1) is 78.8. The van der Waals surface area contributed by atoms with Gasteiger partial charge in [0.1, 0.15) is 13.2 Å². The van der Waals surface area contributed by atoms with Gasteiger partial charge in [0.05, 0.1) is 0 Å².